The first-order valence-corrected chi connectivity index (χ1v) is 7.90. The number of hydrogen-bond donors (Lipinski definition) is 1. The van der Waals surface area contributed by atoms with Gasteiger partial charge in [0.25, 0.3) is 10.0 Å². The quantitative estimate of drug-likeness (QED) is 0.861. The molecule has 7 nitrogen and oxygen atoms in total. The van der Waals surface area contributed by atoms with E-state index in [1.165, 1.54) is 18.8 Å². The molecule has 0 saturated carbocycles. The largest absolute Gasteiger partial charge is 0.496 e. The van der Waals surface area contributed by atoms with Crippen LogP contribution in [0, 0.1) is 0 Å². The number of sulfonamides is 1. The first-order valence-electron chi connectivity index (χ1n) is 5.62. The Morgan fingerprint density at radius 2 is 2.10 bits per heavy atom. The fourth-order valence-corrected chi connectivity index (χ4v) is 3.79. The van der Waals surface area contributed by atoms with Crippen molar-refractivity contribution < 1.29 is 13.2 Å². The van der Waals surface area contributed by atoms with Crippen LogP contribution in [-0.2, 0) is 23.6 Å². The van der Waals surface area contributed by atoms with Crippen LogP contribution >= 0.6 is 15.9 Å². The molecule has 0 spiro atoms. The van der Waals surface area contributed by atoms with E-state index in [0.29, 0.717) is 5.75 Å². The minimum Gasteiger partial charge on any atom is -0.496 e. The van der Waals surface area contributed by atoms with Gasteiger partial charge >= 0.3 is 0 Å². The second-order valence-electron chi connectivity index (χ2n) is 3.95. The Balaban J connectivity index is 2.22. The molecule has 1 N–H and O–H groups in total. The van der Waals surface area contributed by atoms with Gasteiger partial charge in [-0.3, -0.25) is 0 Å². The lowest BCUT2D eigenvalue weighted by atomic mass is 10.2. The average Bonchev–Trinajstić information content (AvgIpc) is 2.77. The molecule has 1 heterocycles. The lowest BCUT2D eigenvalue weighted by Gasteiger charge is -2.10. The first-order chi connectivity index (χ1) is 9.45. The predicted octanol–water partition coefficient (Wildman–Crippen LogP) is 1.06. The maximum atomic E-state index is 12.2. The molecule has 1 aromatic carbocycles. The average molecular weight is 361 g/mol. The molecule has 2 aromatic rings. The molecule has 20 heavy (non-hydrogen) atoms. The van der Waals surface area contributed by atoms with E-state index in [1.54, 1.807) is 12.1 Å². The van der Waals surface area contributed by atoms with Gasteiger partial charge in [0.15, 0.2) is 4.60 Å². The standard InChI is InChI=1S/C11H13BrN4O3S/c1-16-11(10(12)14-15-16)20(17,18)13-7-8-5-3-4-6-9(8)19-2/h3-6,13H,7H2,1-2H3. The summed E-state index contributed by atoms with van der Waals surface area (Å²) in [6.07, 6.45) is 0. The highest BCUT2D eigenvalue weighted by Crippen LogP contribution is 2.20. The van der Waals surface area contributed by atoms with Gasteiger partial charge in [0.1, 0.15) is 5.75 Å². The number of aryl methyl sites for hydroxylation is 1. The van der Waals surface area contributed by atoms with Crippen molar-refractivity contribution in [2.24, 2.45) is 7.05 Å². The summed E-state index contributed by atoms with van der Waals surface area (Å²) in [6, 6.07) is 7.19. The Kier molecular flexibility index (Phi) is 4.41. The molecule has 9 heteroatoms. The molecule has 0 aliphatic heterocycles. The van der Waals surface area contributed by atoms with Gasteiger partial charge in [-0.1, -0.05) is 23.4 Å². The van der Waals surface area contributed by atoms with Crippen molar-refractivity contribution in [1.82, 2.24) is 19.7 Å². The van der Waals surface area contributed by atoms with Crippen molar-refractivity contribution in [3.05, 3.63) is 34.4 Å². The normalized spacial score (nSPS) is 11.6. The highest BCUT2D eigenvalue weighted by Gasteiger charge is 2.23. The summed E-state index contributed by atoms with van der Waals surface area (Å²) in [5, 5.41) is 7.28. The van der Waals surface area contributed by atoms with Gasteiger partial charge in [0.05, 0.1) is 7.11 Å². The van der Waals surface area contributed by atoms with E-state index in [0.717, 1.165) is 5.56 Å². The van der Waals surface area contributed by atoms with Crippen LogP contribution in [0.3, 0.4) is 0 Å². The maximum absolute atomic E-state index is 12.2. The summed E-state index contributed by atoms with van der Waals surface area (Å²) in [5.41, 5.74) is 0.741. The van der Waals surface area contributed by atoms with Crippen molar-refractivity contribution in [2.75, 3.05) is 7.11 Å². The molecule has 0 aliphatic carbocycles. The summed E-state index contributed by atoms with van der Waals surface area (Å²) in [7, 11) is -0.670. The number of aromatic nitrogens is 3. The summed E-state index contributed by atoms with van der Waals surface area (Å²) in [4.78, 5) is 0. The Morgan fingerprint density at radius 1 is 1.40 bits per heavy atom. The summed E-state index contributed by atoms with van der Waals surface area (Å²) in [6.45, 7) is 0.115. The van der Waals surface area contributed by atoms with E-state index < -0.39 is 10.0 Å². The highest BCUT2D eigenvalue weighted by molar-refractivity contribution is 9.10. The third-order valence-electron chi connectivity index (χ3n) is 2.64. The van der Waals surface area contributed by atoms with Crippen LogP contribution in [0.1, 0.15) is 5.56 Å². The molecular formula is C11H13BrN4O3S. The molecule has 1 aromatic heterocycles. The summed E-state index contributed by atoms with van der Waals surface area (Å²) < 4.78 is 33.5. The molecule has 0 unspecified atom stereocenters. The van der Waals surface area contributed by atoms with E-state index in [4.69, 9.17) is 4.74 Å². The van der Waals surface area contributed by atoms with Gasteiger partial charge in [-0.15, -0.1) is 5.10 Å². The molecule has 0 aliphatic rings. The Labute approximate surface area is 125 Å². The lowest BCUT2D eigenvalue weighted by Crippen LogP contribution is -2.26. The second kappa shape index (κ2) is 5.90. The van der Waals surface area contributed by atoms with Crippen LogP contribution in [0.2, 0.25) is 0 Å². The third-order valence-corrected chi connectivity index (χ3v) is 4.92. The zero-order chi connectivity index (χ0) is 14.8. The third kappa shape index (κ3) is 3.00. The molecule has 0 radical (unpaired) electrons. The van der Waals surface area contributed by atoms with E-state index in [-0.39, 0.29) is 16.2 Å². The smallest absolute Gasteiger partial charge is 0.260 e. The van der Waals surface area contributed by atoms with Gasteiger partial charge in [0, 0.05) is 19.2 Å². The van der Waals surface area contributed by atoms with Crippen LogP contribution < -0.4 is 9.46 Å². The fourth-order valence-electron chi connectivity index (χ4n) is 1.70. The Bertz CT molecular complexity index is 695. The second-order valence-corrected chi connectivity index (χ2v) is 6.38. The van der Waals surface area contributed by atoms with E-state index >= 15 is 0 Å². The summed E-state index contributed by atoms with van der Waals surface area (Å²) >= 11 is 3.07. The number of rotatable bonds is 5. The number of nitrogens with zero attached hydrogens (tertiary/aromatic N) is 3. The maximum Gasteiger partial charge on any atom is 0.260 e. The number of hydrogen-bond acceptors (Lipinski definition) is 5. The van der Waals surface area contributed by atoms with Crippen LogP contribution in [0.25, 0.3) is 0 Å². The van der Waals surface area contributed by atoms with Crippen molar-refractivity contribution in [1.29, 1.82) is 0 Å². The van der Waals surface area contributed by atoms with Crippen molar-refractivity contribution in [3.63, 3.8) is 0 Å². The lowest BCUT2D eigenvalue weighted by molar-refractivity contribution is 0.409. The van der Waals surface area contributed by atoms with E-state index in [2.05, 4.69) is 31.0 Å². The van der Waals surface area contributed by atoms with Gasteiger partial charge in [-0.05, 0) is 22.0 Å². The van der Waals surface area contributed by atoms with Crippen LogP contribution in [0.4, 0.5) is 0 Å². The van der Waals surface area contributed by atoms with Crippen LogP contribution in [0.5, 0.6) is 5.75 Å². The molecule has 0 bridgehead atoms. The molecule has 0 atom stereocenters. The predicted molar refractivity (Wildman–Crippen MR) is 75.7 cm³/mol. The SMILES string of the molecule is COc1ccccc1CNS(=O)(=O)c1c(Br)nnn1C. The van der Waals surface area contributed by atoms with Gasteiger partial charge in [0.2, 0.25) is 5.03 Å². The number of para-hydroxylation sites is 1. The van der Waals surface area contributed by atoms with E-state index in [9.17, 15) is 8.42 Å². The van der Waals surface area contributed by atoms with Crippen LogP contribution in [0.15, 0.2) is 33.9 Å². The van der Waals surface area contributed by atoms with E-state index in [1.807, 2.05) is 12.1 Å². The zero-order valence-electron chi connectivity index (χ0n) is 10.9. The molecule has 2 rings (SSSR count). The van der Waals surface area contributed by atoms with Gasteiger partial charge in [-0.2, -0.15) is 0 Å². The highest BCUT2D eigenvalue weighted by atomic mass is 79.9. The first kappa shape index (κ1) is 14.9. The molecule has 0 fully saturated rings. The number of nitrogens with one attached hydrogen (secondary N) is 1. The molecule has 0 amide bonds. The number of methoxy groups -OCH3 is 1. The van der Waals surface area contributed by atoms with Crippen molar-refractivity contribution in [3.8, 4) is 5.75 Å². The topological polar surface area (TPSA) is 86.1 Å². The minimum atomic E-state index is -3.72. The van der Waals surface area contributed by atoms with Crippen molar-refractivity contribution >= 4 is 26.0 Å². The van der Waals surface area contributed by atoms with Crippen molar-refractivity contribution in [2.45, 2.75) is 11.6 Å². The van der Waals surface area contributed by atoms with Gasteiger partial charge in [-0.25, -0.2) is 17.8 Å². The Hall–Kier alpha value is -1.45. The fraction of sp³-hybridized carbons (Fsp3) is 0.273. The number of benzene rings is 1. The van der Waals surface area contributed by atoms with Crippen LogP contribution in [-0.4, -0.2) is 30.5 Å². The minimum absolute atomic E-state index is 0.0209. The van der Waals surface area contributed by atoms with Gasteiger partial charge < -0.3 is 4.74 Å². The Morgan fingerprint density at radius 3 is 2.70 bits per heavy atom. The molecule has 108 valence electrons. The zero-order valence-corrected chi connectivity index (χ0v) is 13.3. The number of ether oxygens (including phenoxy) is 1. The monoisotopic (exact) mass is 360 g/mol. The number of halogens is 1. The molecular weight excluding hydrogens is 348 g/mol. The molecule has 0 saturated heterocycles. The summed E-state index contributed by atoms with van der Waals surface area (Å²) in [5.74, 6) is 0.623.